The highest BCUT2D eigenvalue weighted by Crippen LogP contribution is 2.28. The lowest BCUT2D eigenvalue weighted by molar-refractivity contribution is 0.0927. The van der Waals surface area contributed by atoms with Gasteiger partial charge < -0.3 is 9.73 Å². The van der Waals surface area contributed by atoms with E-state index >= 15 is 0 Å². The summed E-state index contributed by atoms with van der Waals surface area (Å²) >= 11 is 3.45. The van der Waals surface area contributed by atoms with Gasteiger partial charge in [0.05, 0.1) is 0 Å². The third kappa shape index (κ3) is 3.27. The highest BCUT2D eigenvalue weighted by molar-refractivity contribution is 9.10. The van der Waals surface area contributed by atoms with Crippen molar-refractivity contribution in [2.24, 2.45) is 0 Å². The van der Waals surface area contributed by atoms with Gasteiger partial charge in [0.1, 0.15) is 5.58 Å². The molecular formula is C18H20BrNO2. The van der Waals surface area contributed by atoms with E-state index in [1.807, 2.05) is 25.1 Å². The van der Waals surface area contributed by atoms with Crippen LogP contribution in [-0.2, 0) is 0 Å². The Morgan fingerprint density at radius 3 is 3.00 bits per heavy atom. The predicted octanol–water partition coefficient (Wildman–Crippen LogP) is 5.12. The second kappa shape index (κ2) is 6.69. The molecule has 0 fully saturated rings. The first-order valence-corrected chi connectivity index (χ1v) is 8.59. The van der Waals surface area contributed by atoms with Gasteiger partial charge in [-0.1, -0.05) is 27.6 Å². The van der Waals surface area contributed by atoms with Crippen molar-refractivity contribution in [1.29, 1.82) is 0 Å². The molecule has 1 aliphatic carbocycles. The van der Waals surface area contributed by atoms with Crippen LogP contribution in [0.3, 0.4) is 0 Å². The van der Waals surface area contributed by atoms with Crippen LogP contribution in [0, 0.1) is 6.92 Å². The molecule has 0 radical (unpaired) electrons. The second-order valence-electron chi connectivity index (χ2n) is 5.81. The van der Waals surface area contributed by atoms with E-state index < -0.39 is 0 Å². The zero-order valence-electron chi connectivity index (χ0n) is 12.7. The number of amides is 1. The van der Waals surface area contributed by atoms with Gasteiger partial charge in [0.25, 0.3) is 5.91 Å². The molecule has 0 bridgehead atoms. The lowest BCUT2D eigenvalue weighted by Crippen LogP contribution is -2.25. The zero-order chi connectivity index (χ0) is 15.5. The number of carbonyl (C=O) groups is 1. The fourth-order valence-electron chi connectivity index (χ4n) is 2.96. The molecule has 0 unspecified atom stereocenters. The van der Waals surface area contributed by atoms with Crippen molar-refractivity contribution in [3.63, 3.8) is 0 Å². The number of allylic oxidation sites excluding steroid dienone is 1. The number of rotatable bonds is 4. The molecule has 0 atom stereocenters. The number of furan rings is 1. The Morgan fingerprint density at radius 1 is 1.36 bits per heavy atom. The fraction of sp³-hybridized carbons (Fsp3) is 0.389. The largest absolute Gasteiger partial charge is 0.451 e. The molecule has 3 rings (SSSR count). The standard InChI is InChI=1S/C18H20BrNO2/c1-12-15-11-14(19)7-8-16(15)22-17(12)18(21)20-10-9-13-5-3-2-4-6-13/h5,7-8,11H,2-4,6,9-10H2,1H3,(H,20,21). The SMILES string of the molecule is Cc1c(C(=O)NCCC2=CCCCC2)oc2ccc(Br)cc12. The first-order chi connectivity index (χ1) is 10.6. The van der Waals surface area contributed by atoms with E-state index in [-0.39, 0.29) is 5.91 Å². The maximum Gasteiger partial charge on any atom is 0.287 e. The third-order valence-corrected chi connectivity index (χ3v) is 4.71. The molecule has 116 valence electrons. The quantitative estimate of drug-likeness (QED) is 0.767. The van der Waals surface area contributed by atoms with Crippen LogP contribution in [0.1, 0.15) is 48.2 Å². The van der Waals surface area contributed by atoms with Crippen molar-refractivity contribution >= 4 is 32.8 Å². The molecule has 0 spiro atoms. The summed E-state index contributed by atoms with van der Waals surface area (Å²) in [6, 6.07) is 5.79. The van der Waals surface area contributed by atoms with Crippen molar-refractivity contribution in [2.45, 2.75) is 39.0 Å². The topological polar surface area (TPSA) is 42.2 Å². The molecule has 1 amide bonds. The summed E-state index contributed by atoms with van der Waals surface area (Å²) in [5, 5.41) is 3.96. The molecule has 0 aliphatic heterocycles. The van der Waals surface area contributed by atoms with Crippen molar-refractivity contribution < 1.29 is 9.21 Å². The van der Waals surface area contributed by atoms with Gasteiger partial charge in [-0.2, -0.15) is 0 Å². The molecular weight excluding hydrogens is 342 g/mol. The summed E-state index contributed by atoms with van der Waals surface area (Å²) < 4.78 is 6.70. The Kier molecular flexibility index (Phi) is 4.67. The van der Waals surface area contributed by atoms with Crippen molar-refractivity contribution in [3.05, 3.63) is 45.6 Å². The minimum Gasteiger partial charge on any atom is -0.451 e. The average Bonchev–Trinajstić information content (AvgIpc) is 2.85. The number of benzene rings is 1. The summed E-state index contributed by atoms with van der Waals surface area (Å²) in [4.78, 5) is 12.3. The molecule has 1 heterocycles. The second-order valence-corrected chi connectivity index (χ2v) is 6.73. The molecule has 1 aliphatic rings. The molecule has 2 aromatic rings. The van der Waals surface area contributed by atoms with Crippen LogP contribution >= 0.6 is 15.9 Å². The summed E-state index contributed by atoms with van der Waals surface area (Å²) in [7, 11) is 0. The number of halogens is 1. The van der Waals surface area contributed by atoms with Crippen LogP contribution < -0.4 is 5.32 Å². The molecule has 4 heteroatoms. The van der Waals surface area contributed by atoms with Gasteiger partial charge in [-0.05, 0) is 57.2 Å². The monoisotopic (exact) mass is 361 g/mol. The van der Waals surface area contributed by atoms with Crippen molar-refractivity contribution in [2.75, 3.05) is 6.54 Å². The number of hydrogen-bond acceptors (Lipinski definition) is 2. The molecule has 0 saturated carbocycles. The molecule has 1 N–H and O–H groups in total. The van der Waals surface area contributed by atoms with Gasteiger partial charge in [-0.15, -0.1) is 0 Å². The van der Waals surface area contributed by atoms with E-state index in [2.05, 4.69) is 27.3 Å². The van der Waals surface area contributed by atoms with Gasteiger partial charge >= 0.3 is 0 Å². The highest BCUT2D eigenvalue weighted by atomic mass is 79.9. The van der Waals surface area contributed by atoms with Gasteiger partial charge in [-0.25, -0.2) is 0 Å². The zero-order valence-corrected chi connectivity index (χ0v) is 14.3. The fourth-order valence-corrected chi connectivity index (χ4v) is 3.32. The number of aryl methyl sites for hydroxylation is 1. The Balaban J connectivity index is 1.67. The van der Waals surface area contributed by atoms with Gasteiger partial charge in [0.15, 0.2) is 5.76 Å². The average molecular weight is 362 g/mol. The minimum absolute atomic E-state index is 0.124. The van der Waals surface area contributed by atoms with Crippen molar-refractivity contribution in [1.82, 2.24) is 5.32 Å². The van der Waals surface area contributed by atoms with E-state index in [0.29, 0.717) is 12.3 Å². The van der Waals surface area contributed by atoms with Crippen molar-refractivity contribution in [3.8, 4) is 0 Å². The first kappa shape index (κ1) is 15.3. The van der Waals surface area contributed by atoms with E-state index in [4.69, 9.17) is 4.42 Å². The van der Waals surface area contributed by atoms with Crippen LogP contribution in [0.5, 0.6) is 0 Å². The number of nitrogens with one attached hydrogen (secondary N) is 1. The normalized spacial score (nSPS) is 14.9. The molecule has 3 nitrogen and oxygen atoms in total. The molecule has 1 aromatic heterocycles. The Hall–Kier alpha value is -1.55. The Labute approximate surface area is 138 Å². The summed E-state index contributed by atoms with van der Waals surface area (Å²) in [6.07, 6.45) is 8.19. The van der Waals surface area contributed by atoms with E-state index in [0.717, 1.165) is 27.4 Å². The predicted molar refractivity (Wildman–Crippen MR) is 92.2 cm³/mol. The van der Waals surface area contributed by atoms with Crippen LogP contribution in [-0.4, -0.2) is 12.5 Å². The minimum atomic E-state index is -0.124. The van der Waals surface area contributed by atoms with Crippen LogP contribution in [0.2, 0.25) is 0 Å². The van der Waals surface area contributed by atoms with E-state index in [1.54, 1.807) is 0 Å². The van der Waals surface area contributed by atoms with Crippen LogP contribution in [0.25, 0.3) is 11.0 Å². The highest BCUT2D eigenvalue weighted by Gasteiger charge is 2.17. The molecule has 22 heavy (non-hydrogen) atoms. The Bertz CT molecular complexity index is 730. The third-order valence-electron chi connectivity index (χ3n) is 4.22. The van der Waals surface area contributed by atoms with Crippen LogP contribution in [0.4, 0.5) is 0 Å². The summed E-state index contributed by atoms with van der Waals surface area (Å²) in [5.74, 6) is 0.298. The van der Waals surface area contributed by atoms with Gasteiger partial charge in [0, 0.05) is 22.0 Å². The van der Waals surface area contributed by atoms with Gasteiger partial charge in [0.2, 0.25) is 0 Å². The first-order valence-electron chi connectivity index (χ1n) is 7.80. The Morgan fingerprint density at radius 2 is 2.23 bits per heavy atom. The summed E-state index contributed by atoms with van der Waals surface area (Å²) in [5.41, 5.74) is 3.11. The number of fused-ring (bicyclic) bond motifs is 1. The summed E-state index contributed by atoms with van der Waals surface area (Å²) in [6.45, 7) is 2.60. The molecule has 1 aromatic carbocycles. The number of hydrogen-bond donors (Lipinski definition) is 1. The molecule has 0 saturated heterocycles. The smallest absolute Gasteiger partial charge is 0.287 e. The number of carbonyl (C=O) groups excluding carboxylic acids is 1. The van der Waals surface area contributed by atoms with E-state index in [1.165, 1.54) is 31.3 Å². The maximum atomic E-state index is 12.3. The van der Waals surface area contributed by atoms with E-state index in [9.17, 15) is 4.79 Å². The van der Waals surface area contributed by atoms with Gasteiger partial charge in [-0.3, -0.25) is 4.79 Å². The van der Waals surface area contributed by atoms with Crippen LogP contribution in [0.15, 0.2) is 38.7 Å². The maximum absolute atomic E-state index is 12.3. The lowest BCUT2D eigenvalue weighted by atomic mass is 9.97. The lowest BCUT2D eigenvalue weighted by Gasteiger charge is -2.12.